The predicted octanol–water partition coefficient (Wildman–Crippen LogP) is 2.91. The van der Waals surface area contributed by atoms with Gasteiger partial charge in [-0.3, -0.25) is 9.59 Å². The van der Waals surface area contributed by atoms with E-state index >= 15 is 0 Å². The van der Waals surface area contributed by atoms with Crippen LogP contribution >= 0.6 is 23.2 Å². The molecule has 26 heavy (non-hydrogen) atoms. The lowest BCUT2D eigenvalue weighted by Crippen LogP contribution is -2.35. The summed E-state index contributed by atoms with van der Waals surface area (Å²) in [6.45, 7) is 3.85. The van der Waals surface area contributed by atoms with E-state index in [4.69, 9.17) is 23.2 Å². The van der Waals surface area contributed by atoms with Crippen LogP contribution in [0, 0.1) is 6.92 Å². The number of aromatic nitrogens is 2. The fourth-order valence-corrected chi connectivity index (χ4v) is 3.37. The van der Waals surface area contributed by atoms with Gasteiger partial charge in [-0.1, -0.05) is 29.3 Å². The molecule has 0 aliphatic carbocycles. The van der Waals surface area contributed by atoms with Crippen LogP contribution in [0.1, 0.15) is 18.4 Å². The average molecular weight is 395 g/mol. The molecule has 1 fully saturated rings. The van der Waals surface area contributed by atoms with E-state index in [9.17, 15) is 9.59 Å². The van der Waals surface area contributed by atoms with Crippen LogP contribution in [-0.4, -0.2) is 47.3 Å². The van der Waals surface area contributed by atoms with Crippen LogP contribution in [0.25, 0.3) is 5.69 Å². The van der Waals surface area contributed by atoms with Gasteiger partial charge < -0.3 is 9.80 Å². The van der Waals surface area contributed by atoms with E-state index in [0.717, 1.165) is 18.5 Å². The number of hydrogen-bond donors (Lipinski definition) is 0. The van der Waals surface area contributed by atoms with Gasteiger partial charge in [-0.15, -0.1) is 0 Å². The Hall–Kier alpha value is -2.05. The van der Waals surface area contributed by atoms with Crippen molar-refractivity contribution in [3.63, 3.8) is 0 Å². The topological polar surface area (TPSA) is 58.4 Å². The first-order chi connectivity index (χ1) is 12.4. The Kier molecular flexibility index (Phi) is 5.53. The summed E-state index contributed by atoms with van der Waals surface area (Å²) in [5.74, 6) is 0.175. The Morgan fingerprint density at radius 2 is 2.04 bits per heavy atom. The lowest BCUT2D eigenvalue weighted by Gasteiger charge is -2.24. The Morgan fingerprint density at radius 3 is 2.69 bits per heavy atom. The molecule has 1 aliphatic heterocycles. The molecule has 0 unspecified atom stereocenters. The van der Waals surface area contributed by atoms with Crippen molar-refractivity contribution in [3.05, 3.63) is 50.4 Å². The summed E-state index contributed by atoms with van der Waals surface area (Å²) in [6.07, 6.45) is 3.07. The molecule has 6 nitrogen and oxygen atoms in total. The Balaban J connectivity index is 1.81. The second kappa shape index (κ2) is 7.68. The van der Waals surface area contributed by atoms with Crippen molar-refractivity contribution in [1.29, 1.82) is 0 Å². The summed E-state index contributed by atoms with van der Waals surface area (Å²) < 4.78 is 1.23. The van der Waals surface area contributed by atoms with Gasteiger partial charge in [0.15, 0.2) is 0 Å². The highest BCUT2D eigenvalue weighted by atomic mass is 35.5. The first-order valence-corrected chi connectivity index (χ1v) is 9.17. The Labute approximate surface area is 161 Å². The molecular weight excluding hydrogens is 375 g/mol. The fourth-order valence-electron chi connectivity index (χ4n) is 2.92. The van der Waals surface area contributed by atoms with Gasteiger partial charge in [-0.25, -0.2) is 0 Å². The molecule has 2 heterocycles. The standard InChI is InChI=1S/C18H20Cl2N4O2/c1-12-5-6-13(10-14(12)19)24-18(26)17(20)15(11-21-24)22(2)8-9-23-7-3-4-16(23)25/h5-6,10-11H,3-4,7-9H2,1-2H3. The molecule has 1 amide bonds. The molecule has 1 saturated heterocycles. The van der Waals surface area contributed by atoms with Crippen LogP contribution in [0.2, 0.25) is 10.0 Å². The Bertz CT molecular complexity index is 897. The molecule has 0 spiro atoms. The van der Waals surface area contributed by atoms with Crippen LogP contribution in [0.5, 0.6) is 0 Å². The number of aryl methyl sites for hydroxylation is 1. The van der Waals surface area contributed by atoms with E-state index in [2.05, 4.69) is 5.10 Å². The maximum Gasteiger partial charge on any atom is 0.292 e. The summed E-state index contributed by atoms with van der Waals surface area (Å²) in [5, 5.41) is 4.88. The number of benzene rings is 1. The van der Waals surface area contributed by atoms with Crippen LogP contribution in [0.3, 0.4) is 0 Å². The van der Waals surface area contributed by atoms with Crippen molar-refractivity contribution >= 4 is 34.8 Å². The largest absolute Gasteiger partial charge is 0.370 e. The van der Waals surface area contributed by atoms with Gasteiger partial charge in [0.25, 0.3) is 5.56 Å². The highest BCUT2D eigenvalue weighted by Crippen LogP contribution is 2.22. The summed E-state index contributed by atoms with van der Waals surface area (Å²) in [5.41, 5.74) is 1.61. The van der Waals surface area contributed by atoms with Gasteiger partial charge in [0.1, 0.15) is 5.02 Å². The van der Waals surface area contributed by atoms with Crippen molar-refractivity contribution in [3.8, 4) is 5.69 Å². The van der Waals surface area contributed by atoms with Crippen LogP contribution in [-0.2, 0) is 4.79 Å². The van der Waals surface area contributed by atoms with E-state index in [1.165, 1.54) is 4.68 Å². The molecule has 138 valence electrons. The lowest BCUT2D eigenvalue weighted by molar-refractivity contribution is -0.127. The third-order valence-electron chi connectivity index (χ3n) is 4.59. The molecule has 1 aromatic heterocycles. The normalized spacial score (nSPS) is 14.2. The van der Waals surface area contributed by atoms with E-state index in [-0.39, 0.29) is 10.9 Å². The summed E-state index contributed by atoms with van der Waals surface area (Å²) in [4.78, 5) is 28.0. The monoisotopic (exact) mass is 394 g/mol. The molecule has 0 N–H and O–H groups in total. The van der Waals surface area contributed by atoms with E-state index in [0.29, 0.717) is 35.9 Å². The number of hydrogen-bond acceptors (Lipinski definition) is 4. The number of nitrogens with zero attached hydrogens (tertiary/aromatic N) is 4. The van der Waals surface area contributed by atoms with Crippen molar-refractivity contribution in [2.45, 2.75) is 19.8 Å². The number of carbonyl (C=O) groups excluding carboxylic acids is 1. The lowest BCUT2D eigenvalue weighted by atomic mass is 10.2. The van der Waals surface area contributed by atoms with Crippen LogP contribution in [0.15, 0.2) is 29.2 Å². The summed E-state index contributed by atoms with van der Waals surface area (Å²) in [6, 6.07) is 5.28. The number of likely N-dealkylation sites (tertiary alicyclic amines) is 1. The maximum absolute atomic E-state index is 12.6. The molecule has 1 aromatic carbocycles. The quantitative estimate of drug-likeness (QED) is 0.781. The van der Waals surface area contributed by atoms with Gasteiger partial charge in [0.2, 0.25) is 5.91 Å². The molecule has 2 aromatic rings. The van der Waals surface area contributed by atoms with Crippen molar-refractivity contribution in [2.75, 3.05) is 31.6 Å². The van der Waals surface area contributed by atoms with Gasteiger partial charge in [-0.05, 0) is 31.0 Å². The summed E-state index contributed by atoms with van der Waals surface area (Å²) >= 11 is 12.4. The van der Waals surface area contributed by atoms with Crippen LogP contribution in [0.4, 0.5) is 5.69 Å². The molecule has 3 rings (SSSR count). The van der Waals surface area contributed by atoms with Crippen molar-refractivity contribution in [1.82, 2.24) is 14.7 Å². The third-order valence-corrected chi connectivity index (χ3v) is 5.35. The minimum Gasteiger partial charge on any atom is -0.370 e. The molecular formula is C18H20Cl2N4O2. The van der Waals surface area contributed by atoms with Gasteiger partial charge in [0.05, 0.1) is 17.6 Å². The van der Waals surface area contributed by atoms with Gasteiger partial charge in [-0.2, -0.15) is 9.78 Å². The minimum atomic E-state index is -0.409. The second-order valence-corrected chi connectivity index (χ2v) is 7.19. The van der Waals surface area contributed by atoms with Crippen molar-refractivity contribution < 1.29 is 4.79 Å². The highest BCUT2D eigenvalue weighted by molar-refractivity contribution is 6.33. The smallest absolute Gasteiger partial charge is 0.292 e. The van der Waals surface area contributed by atoms with Crippen LogP contribution < -0.4 is 10.5 Å². The second-order valence-electron chi connectivity index (χ2n) is 6.40. The number of carbonyl (C=O) groups is 1. The molecule has 0 bridgehead atoms. The molecule has 0 saturated carbocycles. The van der Waals surface area contributed by atoms with E-state index < -0.39 is 5.56 Å². The average Bonchev–Trinajstić information content (AvgIpc) is 3.03. The number of amides is 1. The summed E-state index contributed by atoms with van der Waals surface area (Å²) in [7, 11) is 1.83. The number of likely N-dealkylation sites (N-methyl/N-ethyl adjacent to an activating group) is 1. The zero-order valence-corrected chi connectivity index (χ0v) is 16.2. The highest BCUT2D eigenvalue weighted by Gasteiger charge is 2.21. The maximum atomic E-state index is 12.6. The zero-order valence-electron chi connectivity index (χ0n) is 14.7. The number of rotatable bonds is 5. The van der Waals surface area contributed by atoms with Gasteiger partial charge >= 0.3 is 0 Å². The molecule has 8 heteroatoms. The van der Waals surface area contributed by atoms with Gasteiger partial charge in [0, 0.05) is 38.1 Å². The number of halogens is 2. The molecule has 0 atom stereocenters. The number of anilines is 1. The molecule has 1 aliphatic rings. The third kappa shape index (κ3) is 3.71. The molecule has 0 radical (unpaired) electrons. The van der Waals surface area contributed by atoms with E-state index in [1.54, 1.807) is 18.3 Å². The van der Waals surface area contributed by atoms with Crippen molar-refractivity contribution in [2.24, 2.45) is 0 Å². The zero-order chi connectivity index (χ0) is 18.8. The first-order valence-electron chi connectivity index (χ1n) is 8.41. The minimum absolute atomic E-state index is 0.0898. The predicted molar refractivity (Wildman–Crippen MR) is 104 cm³/mol. The fraction of sp³-hybridized carbons (Fsp3) is 0.389. The SMILES string of the molecule is Cc1ccc(-n2ncc(N(C)CCN3CCCC3=O)c(Cl)c2=O)cc1Cl. The van der Waals surface area contributed by atoms with E-state index in [1.807, 2.05) is 29.8 Å². The Morgan fingerprint density at radius 1 is 1.27 bits per heavy atom. The first kappa shape index (κ1) is 18.7.